The summed E-state index contributed by atoms with van der Waals surface area (Å²) in [5.74, 6) is -2.33. The van der Waals surface area contributed by atoms with Crippen LogP contribution in [0.3, 0.4) is 0 Å². The smallest absolute Gasteiger partial charge is 0.338 e. The van der Waals surface area contributed by atoms with E-state index in [0.717, 1.165) is 23.6 Å². The number of halogens is 1. The van der Waals surface area contributed by atoms with Crippen LogP contribution in [0.1, 0.15) is 37.9 Å². The molecule has 160 valence electrons. The van der Waals surface area contributed by atoms with Crippen molar-refractivity contribution in [2.24, 2.45) is 0 Å². The number of benzene rings is 1. The summed E-state index contributed by atoms with van der Waals surface area (Å²) in [6.45, 7) is 4.78. The van der Waals surface area contributed by atoms with Crippen LogP contribution in [0, 0.1) is 5.82 Å². The molecule has 0 radical (unpaired) electrons. The lowest BCUT2D eigenvalue weighted by Gasteiger charge is -2.20. The molecule has 0 bridgehead atoms. The second kappa shape index (κ2) is 9.12. The molecule has 10 heteroatoms. The number of esters is 2. The third kappa shape index (κ3) is 5.69. The van der Waals surface area contributed by atoms with Gasteiger partial charge in [-0.05, 0) is 36.3 Å². The minimum atomic E-state index is -3.64. The Kier molecular flexibility index (Phi) is 7.04. The van der Waals surface area contributed by atoms with Gasteiger partial charge in [0.25, 0.3) is 0 Å². The van der Waals surface area contributed by atoms with Crippen LogP contribution >= 0.6 is 0 Å². The van der Waals surface area contributed by atoms with E-state index in [9.17, 15) is 22.4 Å². The predicted molar refractivity (Wildman–Crippen MR) is 111 cm³/mol. The Bertz CT molecular complexity index is 1100. The number of carbonyl (C=O) groups is 2. The van der Waals surface area contributed by atoms with Gasteiger partial charge < -0.3 is 4.74 Å². The van der Waals surface area contributed by atoms with E-state index >= 15 is 0 Å². The Hall–Kier alpha value is -3.14. The third-order valence-corrected chi connectivity index (χ3v) is 5.20. The van der Waals surface area contributed by atoms with Crippen molar-refractivity contribution in [3.8, 4) is 11.3 Å². The molecule has 0 spiro atoms. The summed E-state index contributed by atoms with van der Waals surface area (Å²) in [6, 6.07) is 5.45. The van der Waals surface area contributed by atoms with E-state index in [1.165, 1.54) is 37.4 Å². The molecular formula is C20H22FN3O5S. The molecule has 0 amide bonds. The van der Waals surface area contributed by atoms with Crippen molar-refractivity contribution in [2.75, 3.05) is 17.6 Å². The van der Waals surface area contributed by atoms with Crippen molar-refractivity contribution in [3.63, 3.8) is 0 Å². The van der Waals surface area contributed by atoms with Crippen LogP contribution in [0.4, 0.5) is 10.3 Å². The highest BCUT2D eigenvalue weighted by Crippen LogP contribution is 2.31. The number of hydrogen-bond donors (Lipinski definition) is 0. The van der Waals surface area contributed by atoms with Gasteiger partial charge in [-0.25, -0.2) is 31.9 Å². The number of rotatable bonds is 6. The van der Waals surface area contributed by atoms with E-state index in [4.69, 9.17) is 0 Å². The molecule has 0 fully saturated rings. The summed E-state index contributed by atoms with van der Waals surface area (Å²) in [5.41, 5.74) is 1.67. The molecule has 0 N–H and O–H groups in total. The first-order chi connectivity index (χ1) is 13.9. The molecule has 0 aliphatic heterocycles. The highest BCUT2D eigenvalue weighted by Gasteiger charge is 2.22. The van der Waals surface area contributed by atoms with Crippen molar-refractivity contribution < 1.29 is 27.1 Å². The SMILES string of the molecule is CC(=O)OC(=O)/C=C/c1c(-c2ccc(F)cc2)nc(N(C)S(C)(=O)=O)nc1C(C)C. The van der Waals surface area contributed by atoms with Crippen LogP contribution < -0.4 is 4.31 Å². The van der Waals surface area contributed by atoms with E-state index in [-0.39, 0.29) is 11.9 Å². The average Bonchev–Trinajstić information content (AvgIpc) is 2.64. The zero-order valence-electron chi connectivity index (χ0n) is 17.2. The normalized spacial score (nSPS) is 11.7. The highest BCUT2D eigenvalue weighted by atomic mass is 32.2. The average molecular weight is 435 g/mol. The molecule has 2 rings (SSSR count). The van der Waals surface area contributed by atoms with Gasteiger partial charge in [0.15, 0.2) is 0 Å². The molecule has 0 aliphatic rings. The van der Waals surface area contributed by atoms with Gasteiger partial charge in [-0.15, -0.1) is 0 Å². The molecule has 1 heterocycles. The fraction of sp³-hybridized carbons (Fsp3) is 0.300. The maximum atomic E-state index is 13.4. The summed E-state index contributed by atoms with van der Waals surface area (Å²) >= 11 is 0. The number of aromatic nitrogens is 2. The molecule has 0 saturated heterocycles. The standard InChI is InChI=1S/C20H22FN3O5S/c1-12(2)18-16(10-11-17(26)29-13(3)25)19(14-6-8-15(21)9-7-14)23-20(22-18)24(4)30(5,27)28/h6-12H,1-5H3/b11-10+. The second-order valence-electron chi connectivity index (χ2n) is 6.81. The van der Waals surface area contributed by atoms with Gasteiger partial charge in [0.1, 0.15) is 5.82 Å². The van der Waals surface area contributed by atoms with Gasteiger partial charge in [-0.2, -0.15) is 0 Å². The van der Waals surface area contributed by atoms with E-state index in [0.29, 0.717) is 22.5 Å². The molecule has 2 aromatic rings. The number of nitrogens with zero attached hydrogens (tertiary/aromatic N) is 3. The molecule has 0 atom stereocenters. The van der Waals surface area contributed by atoms with Crippen LogP contribution in [-0.2, 0) is 24.3 Å². The number of ether oxygens (including phenoxy) is 1. The van der Waals surface area contributed by atoms with E-state index in [1.807, 2.05) is 13.8 Å². The largest absolute Gasteiger partial charge is 0.390 e. The number of anilines is 1. The minimum absolute atomic E-state index is 0.0658. The van der Waals surface area contributed by atoms with Crippen LogP contribution in [0.25, 0.3) is 17.3 Å². The Morgan fingerprint density at radius 3 is 2.27 bits per heavy atom. The fourth-order valence-electron chi connectivity index (χ4n) is 2.52. The molecule has 30 heavy (non-hydrogen) atoms. The Labute approximate surface area is 174 Å². The van der Waals surface area contributed by atoms with Crippen molar-refractivity contribution in [1.82, 2.24) is 9.97 Å². The quantitative estimate of drug-likeness (QED) is 0.390. The molecule has 0 aliphatic carbocycles. The number of carbonyl (C=O) groups excluding carboxylic acids is 2. The van der Waals surface area contributed by atoms with Gasteiger partial charge >= 0.3 is 11.9 Å². The maximum absolute atomic E-state index is 13.4. The lowest BCUT2D eigenvalue weighted by atomic mass is 9.98. The Morgan fingerprint density at radius 2 is 1.77 bits per heavy atom. The Balaban J connectivity index is 2.76. The highest BCUT2D eigenvalue weighted by molar-refractivity contribution is 7.92. The zero-order valence-corrected chi connectivity index (χ0v) is 18.0. The lowest BCUT2D eigenvalue weighted by Crippen LogP contribution is -2.27. The lowest BCUT2D eigenvalue weighted by molar-refractivity contribution is -0.154. The van der Waals surface area contributed by atoms with Crippen molar-refractivity contribution in [3.05, 3.63) is 47.4 Å². The number of hydrogen-bond acceptors (Lipinski definition) is 7. The first-order valence-corrected chi connectivity index (χ1v) is 10.8. The monoisotopic (exact) mass is 435 g/mol. The van der Waals surface area contributed by atoms with E-state index in [2.05, 4.69) is 14.7 Å². The van der Waals surface area contributed by atoms with Crippen LogP contribution in [0.2, 0.25) is 0 Å². The summed E-state index contributed by atoms with van der Waals surface area (Å²) in [6.07, 6.45) is 3.47. The van der Waals surface area contributed by atoms with Crippen LogP contribution in [-0.4, -0.2) is 43.6 Å². The maximum Gasteiger partial charge on any atom is 0.338 e. The molecule has 1 aromatic heterocycles. The van der Waals surface area contributed by atoms with Crippen LogP contribution in [0.15, 0.2) is 30.3 Å². The van der Waals surface area contributed by atoms with Crippen molar-refractivity contribution >= 4 is 34.0 Å². The van der Waals surface area contributed by atoms with E-state index in [1.54, 1.807) is 0 Å². The van der Waals surface area contributed by atoms with Gasteiger partial charge in [-0.3, -0.25) is 4.79 Å². The zero-order chi connectivity index (χ0) is 22.6. The summed E-state index contributed by atoms with van der Waals surface area (Å²) in [5, 5.41) is 0. The summed E-state index contributed by atoms with van der Waals surface area (Å²) in [7, 11) is -2.31. The first-order valence-electron chi connectivity index (χ1n) is 8.92. The van der Waals surface area contributed by atoms with Gasteiger partial charge in [0.05, 0.1) is 17.6 Å². The fourth-order valence-corrected chi connectivity index (χ4v) is 2.90. The topological polar surface area (TPSA) is 107 Å². The molecular weight excluding hydrogens is 413 g/mol. The van der Waals surface area contributed by atoms with Crippen molar-refractivity contribution in [1.29, 1.82) is 0 Å². The Morgan fingerprint density at radius 1 is 1.17 bits per heavy atom. The molecule has 8 nitrogen and oxygen atoms in total. The second-order valence-corrected chi connectivity index (χ2v) is 8.82. The predicted octanol–water partition coefficient (Wildman–Crippen LogP) is 2.90. The van der Waals surface area contributed by atoms with Crippen molar-refractivity contribution in [2.45, 2.75) is 26.7 Å². The van der Waals surface area contributed by atoms with Gasteiger partial charge in [0, 0.05) is 31.2 Å². The summed E-state index contributed by atoms with van der Waals surface area (Å²) < 4.78 is 42.8. The van der Waals surface area contributed by atoms with Gasteiger partial charge in [-0.1, -0.05) is 13.8 Å². The number of sulfonamides is 1. The molecule has 0 saturated carbocycles. The first kappa shape index (κ1) is 23.1. The summed E-state index contributed by atoms with van der Waals surface area (Å²) in [4.78, 5) is 31.5. The molecule has 0 unspecified atom stereocenters. The molecule has 1 aromatic carbocycles. The van der Waals surface area contributed by atoms with E-state index < -0.39 is 27.8 Å². The third-order valence-electron chi connectivity index (χ3n) is 4.04. The van der Waals surface area contributed by atoms with Crippen LogP contribution in [0.5, 0.6) is 0 Å². The van der Waals surface area contributed by atoms with Gasteiger partial charge in [0.2, 0.25) is 16.0 Å². The minimum Gasteiger partial charge on any atom is -0.390 e.